The number of carbonyl (C=O) groups is 1. The number of hydrogen-bond donors (Lipinski definition) is 1. The van der Waals surface area contributed by atoms with Gasteiger partial charge in [0.05, 0.1) is 17.1 Å². The van der Waals surface area contributed by atoms with Gasteiger partial charge in [0, 0.05) is 12.6 Å². The van der Waals surface area contributed by atoms with Crippen molar-refractivity contribution in [3.63, 3.8) is 0 Å². The van der Waals surface area contributed by atoms with Crippen LogP contribution in [0.3, 0.4) is 0 Å². The zero-order valence-corrected chi connectivity index (χ0v) is 12.1. The Morgan fingerprint density at radius 2 is 2.33 bits per heavy atom. The van der Waals surface area contributed by atoms with Gasteiger partial charge in [-0.15, -0.1) is 0 Å². The van der Waals surface area contributed by atoms with Gasteiger partial charge in [-0.25, -0.2) is 9.37 Å². The number of aromatic nitrogens is 2. The molecule has 1 aromatic heterocycles. The number of carbonyl (C=O) groups excluding carboxylic acids is 1. The van der Waals surface area contributed by atoms with E-state index in [1.165, 1.54) is 12.1 Å². The monoisotopic (exact) mass is 291 g/mol. The van der Waals surface area contributed by atoms with Crippen molar-refractivity contribution in [2.75, 3.05) is 5.32 Å². The smallest absolute Gasteiger partial charge is 0.255 e. The van der Waals surface area contributed by atoms with Gasteiger partial charge in [0.15, 0.2) is 0 Å². The van der Waals surface area contributed by atoms with Crippen LogP contribution in [-0.4, -0.2) is 27.7 Å². The van der Waals surface area contributed by atoms with Crippen molar-refractivity contribution in [2.24, 2.45) is 0 Å². The van der Waals surface area contributed by atoms with E-state index in [0.29, 0.717) is 24.4 Å². The van der Waals surface area contributed by atoms with Crippen molar-refractivity contribution in [1.82, 2.24) is 9.55 Å². The van der Waals surface area contributed by atoms with Crippen LogP contribution in [0.5, 0.6) is 0 Å². The Bertz CT molecular complexity index is 683. The Morgan fingerprint density at radius 3 is 3.00 bits per heavy atom. The van der Waals surface area contributed by atoms with Crippen LogP contribution in [0, 0.1) is 5.82 Å². The molecule has 2 heterocycles. The van der Waals surface area contributed by atoms with Crippen LogP contribution in [0.15, 0.2) is 18.2 Å². The minimum Gasteiger partial charge on any atom is -0.365 e. The molecule has 3 rings (SSSR count). The van der Waals surface area contributed by atoms with Gasteiger partial charge in [-0.1, -0.05) is 0 Å². The Hall–Kier alpha value is -1.95. The highest BCUT2D eigenvalue weighted by Gasteiger charge is 2.29. The van der Waals surface area contributed by atoms with E-state index in [4.69, 9.17) is 4.74 Å². The number of anilines is 1. The van der Waals surface area contributed by atoms with Crippen LogP contribution < -0.4 is 5.32 Å². The predicted molar refractivity (Wildman–Crippen MR) is 77.6 cm³/mol. The second kappa shape index (κ2) is 5.44. The number of aryl methyl sites for hydroxylation is 1. The van der Waals surface area contributed by atoms with E-state index in [2.05, 4.69) is 10.3 Å². The Kier molecular flexibility index (Phi) is 3.63. The molecule has 1 N–H and O–H groups in total. The lowest BCUT2D eigenvalue weighted by Crippen LogP contribution is -2.29. The summed E-state index contributed by atoms with van der Waals surface area (Å²) in [7, 11) is 0. The highest BCUT2D eigenvalue weighted by Crippen LogP contribution is 2.23. The number of hydrogen-bond acceptors (Lipinski definition) is 3. The summed E-state index contributed by atoms with van der Waals surface area (Å²) in [6.45, 7) is 4.55. The van der Waals surface area contributed by atoms with E-state index in [0.717, 1.165) is 11.9 Å². The van der Waals surface area contributed by atoms with Crippen molar-refractivity contribution in [2.45, 2.75) is 45.4 Å². The summed E-state index contributed by atoms with van der Waals surface area (Å²) in [5.74, 6) is -0.0924. The molecule has 2 aromatic rings. The van der Waals surface area contributed by atoms with E-state index >= 15 is 0 Å². The van der Waals surface area contributed by atoms with Crippen molar-refractivity contribution in [1.29, 1.82) is 0 Å². The third-order valence-corrected chi connectivity index (χ3v) is 3.79. The highest BCUT2D eigenvalue weighted by molar-refractivity contribution is 5.94. The average molecular weight is 291 g/mol. The third-order valence-electron chi connectivity index (χ3n) is 3.79. The number of fused-ring (bicyclic) bond motifs is 1. The van der Waals surface area contributed by atoms with Crippen LogP contribution in [0.4, 0.5) is 10.3 Å². The number of nitrogens with zero attached hydrogens (tertiary/aromatic N) is 2. The fourth-order valence-corrected chi connectivity index (χ4v) is 2.70. The summed E-state index contributed by atoms with van der Waals surface area (Å²) in [5.41, 5.74) is 1.34. The van der Waals surface area contributed by atoms with Gasteiger partial charge in [-0.2, -0.15) is 0 Å². The van der Waals surface area contributed by atoms with Crippen molar-refractivity contribution in [3.05, 3.63) is 24.0 Å². The highest BCUT2D eigenvalue weighted by atomic mass is 19.1. The summed E-state index contributed by atoms with van der Waals surface area (Å²) in [6.07, 6.45) is 1.28. The molecule has 0 spiro atoms. The number of imidazole rings is 1. The standard InChI is InChI=1S/C15H18FN3O2/c1-3-19-12-6-5-10(16)8-11(12)17-15(19)18-14(20)13-7-4-9(2)21-13/h5-6,8-9,13H,3-4,7H2,1-2H3,(H,17,18,20)/t9-,13-/m1/s1. The molecule has 0 saturated carbocycles. The zero-order valence-electron chi connectivity index (χ0n) is 12.1. The molecular formula is C15H18FN3O2. The second-order valence-electron chi connectivity index (χ2n) is 5.31. The van der Waals surface area contributed by atoms with E-state index in [-0.39, 0.29) is 17.8 Å². The van der Waals surface area contributed by atoms with E-state index in [1.54, 1.807) is 6.07 Å². The molecule has 5 nitrogen and oxygen atoms in total. The normalized spacial score (nSPS) is 21.9. The van der Waals surface area contributed by atoms with Crippen molar-refractivity contribution in [3.8, 4) is 0 Å². The molecule has 1 aliphatic rings. The summed E-state index contributed by atoms with van der Waals surface area (Å²) in [4.78, 5) is 16.5. The Morgan fingerprint density at radius 1 is 1.52 bits per heavy atom. The molecule has 2 atom stereocenters. The topological polar surface area (TPSA) is 56.2 Å². The molecule has 1 aliphatic heterocycles. The third kappa shape index (κ3) is 2.63. The largest absolute Gasteiger partial charge is 0.365 e. The van der Waals surface area contributed by atoms with Crippen LogP contribution >= 0.6 is 0 Å². The van der Waals surface area contributed by atoms with Gasteiger partial charge in [0.2, 0.25) is 5.95 Å². The number of ether oxygens (including phenoxy) is 1. The molecule has 1 saturated heterocycles. The first-order chi connectivity index (χ1) is 10.1. The number of rotatable bonds is 3. The van der Waals surface area contributed by atoms with Gasteiger partial charge in [0.1, 0.15) is 11.9 Å². The molecule has 21 heavy (non-hydrogen) atoms. The van der Waals surface area contributed by atoms with Crippen molar-refractivity contribution >= 4 is 22.9 Å². The molecule has 0 unspecified atom stereocenters. The van der Waals surface area contributed by atoms with Crippen LogP contribution in [0.1, 0.15) is 26.7 Å². The molecular weight excluding hydrogens is 273 g/mol. The predicted octanol–water partition coefficient (Wildman–Crippen LogP) is 2.70. The molecule has 1 amide bonds. The van der Waals surface area contributed by atoms with E-state index in [9.17, 15) is 9.18 Å². The molecule has 0 bridgehead atoms. The van der Waals surface area contributed by atoms with Gasteiger partial charge < -0.3 is 9.30 Å². The Labute approximate surface area is 122 Å². The summed E-state index contributed by atoms with van der Waals surface area (Å²) in [5, 5.41) is 2.80. The minimum atomic E-state index is -0.429. The first kappa shape index (κ1) is 14.0. The van der Waals surface area contributed by atoms with Gasteiger partial charge in [-0.05, 0) is 38.8 Å². The van der Waals surface area contributed by atoms with Crippen LogP contribution in [0.2, 0.25) is 0 Å². The lowest BCUT2D eigenvalue weighted by molar-refractivity contribution is -0.126. The first-order valence-corrected chi connectivity index (χ1v) is 7.20. The van der Waals surface area contributed by atoms with Crippen LogP contribution in [0.25, 0.3) is 11.0 Å². The average Bonchev–Trinajstić information content (AvgIpc) is 3.01. The quantitative estimate of drug-likeness (QED) is 0.946. The fourth-order valence-electron chi connectivity index (χ4n) is 2.70. The van der Waals surface area contributed by atoms with Gasteiger partial charge in [0.25, 0.3) is 5.91 Å². The summed E-state index contributed by atoms with van der Waals surface area (Å²) in [6, 6.07) is 4.43. The molecule has 1 fully saturated rings. The van der Waals surface area contributed by atoms with E-state index < -0.39 is 6.10 Å². The maximum atomic E-state index is 13.3. The van der Waals surface area contributed by atoms with Gasteiger partial charge in [-0.3, -0.25) is 10.1 Å². The SMILES string of the molecule is CCn1c(NC(=O)[C@H]2CC[C@@H](C)O2)nc2cc(F)ccc21. The number of halogens is 1. The van der Waals surface area contributed by atoms with E-state index in [1.807, 2.05) is 18.4 Å². The van der Waals surface area contributed by atoms with Crippen LogP contribution in [-0.2, 0) is 16.1 Å². The molecule has 6 heteroatoms. The zero-order chi connectivity index (χ0) is 15.0. The lowest BCUT2D eigenvalue weighted by Gasteiger charge is -2.12. The summed E-state index contributed by atoms with van der Waals surface area (Å²) >= 11 is 0. The van der Waals surface area contributed by atoms with Gasteiger partial charge >= 0.3 is 0 Å². The maximum absolute atomic E-state index is 13.3. The molecule has 0 radical (unpaired) electrons. The number of benzene rings is 1. The van der Waals surface area contributed by atoms with Crippen molar-refractivity contribution < 1.29 is 13.9 Å². The summed E-state index contributed by atoms with van der Waals surface area (Å²) < 4.78 is 20.7. The number of amides is 1. The molecule has 0 aliphatic carbocycles. The second-order valence-corrected chi connectivity index (χ2v) is 5.31. The first-order valence-electron chi connectivity index (χ1n) is 7.20. The Balaban J connectivity index is 1.88. The lowest BCUT2D eigenvalue weighted by atomic mass is 10.2. The maximum Gasteiger partial charge on any atom is 0.255 e. The minimum absolute atomic E-state index is 0.111. The number of nitrogens with one attached hydrogen (secondary N) is 1. The molecule has 1 aromatic carbocycles. The fraction of sp³-hybridized carbons (Fsp3) is 0.467. The molecule has 112 valence electrons.